The van der Waals surface area contributed by atoms with Crippen molar-refractivity contribution < 1.29 is 13.2 Å². The Hall–Kier alpha value is -2.22. The summed E-state index contributed by atoms with van der Waals surface area (Å²) in [7, 11) is 0. The molecule has 0 radical (unpaired) electrons. The average molecular weight is 384 g/mol. The number of rotatable bonds is 2. The lowest BCUT2D eigenvalue weighted by Crippen LogP contribution is -2.21. The van der Waals surface area contributed by atoms with Crippen molar-refractivity contribution in [2.24, 2.45) is 0 Å². The molecule has 0 aliphatic heterocycles. The summed E-state index contributed by atoms with van der Waals surface area (Å²) in [6, 6.07) is 8.55. The molecular formula is C15H9BrF3N3O. The Labute approximate surface area is 136 Å². The van der Waals surface area contributed by atoms with Gasteiger partial charge in [0.1, 0.15) is 17.8 Å². The molecular weight excluding hydrogens is 375 g/mol. The van der Waals surface area contributed by atoms with Gasteiger partial charge >= 0.3 is 6.18 Å². The zero-order valence-electron chi connectivity index (χ0n) is 11.5. The predicted octanol–water partition coefficient (Wildman–Crippen LogP) is 3.69. The third kappa shape index (κ3) is 2.98. The summed E-state index contributed by atoms with van der Waals surface area (Å²) in [6.45, 7) is 0. The van der Waals surface area contributed by atoms with Crippen molar-refractivity contribution in [2.45, 2.75) is 11.5 Å². The fraction of sp³-hybridized carbons (Fsp3) is 0.133. The first-order valence-corrected chi connectivity index (χ1v) is 7.63. The minimum Gasteiger partial charge on any atom is -0.268 e. The summed E-state index contributed by atoms with van der Waals surface area (Å²) in [5.74, 6) is -0.122. The maximum atomic E-state index is 12.8. The van der Waals surface area contributed by atoms with Crippen molar-refractivity contribution in [3.8, 4) is 5.82 Å². The Balaban J connectivity index is 2.21. The summed E-state index contributed by atoms with van der Waals surface area (Å²) < 4.78 is 39.3. The standard InChI is InChI=1S/C15H9BrF3N3O/c16-7-9-4-5-11-10(6-9)14(23)22(8-20-11)13-3-1-2-12(21-13)15(17,18)19/h1-6,8H,7H2. The van der Waals surface area contributed by atoms with Gasteiger partial charge in [-0.15, -0.1) is 0 Å². The molecule has 0 unspecified atom stereocenters. The Morgan fingerprint density at radius 2 is 1.96 bits per heavy atom. The monoisotopic (exact) mass is 383 g/mol. The smallest absolute Gasteiger partial charge is 0.268 e. The summed E-state index contributed by atoms with van der Waals surface area (Å²) in [6.07, 6.45) is -3.39. The van der Waals surface area contributed by atoms with Crippen LogP contribution in [0.5, 0.6) is 0 Å². The Morgan fingerprint density at radius 1 is 1.17 bits per heavy atom. The summed E-state index contributed by atoms with van der Waals surface area (Å²) >= 11 is 3.30. The van der Waals surface area contributed by atoms with Crippen LogP contribution in [0.1, 0.15) is 11.3 Å². The molecule has 2 heterocycles. The second kappa shape index (κ2) is 5.77. The van der Waals surface area contributed by atoms with Crippen molar-refractivity contribution in [1.29, 1.82) is 0 Å². The van der Waals surface area contributed by atoms with Crippen molar-refractivity contribution in [3.05, 3.63) is 64.3 Å². The van der Waals surface area contributed by atoms with Crippen molar-refractivity contribution in [3.63, 3.8) is 0 Å². The van der Waals surface area contributed by atoms with Gasteiger partial charge in [-0.3, -0.25) is 9.36 Å². The molecule has 4 nitrogen and oxygen atoms in total. The van der Waals surface area contributed by atoms with Crippen LogP contribution < -0.4 is 5.56 Å². The minimum atomic E-state index is -4.58. The van der Waals surface area contributed by atoms with E-state index in [0.29, 0.717) is 16.2 Å². The van der Waals surface area contributed by atoms with E-state index in [1.165, 1.54) is 18.5 Å². The Kier molecular flexibility index (Phi) is 3.93. The van der Waals surface area contributed by atoms with Crippen molar-refractivity contribution >= 4 is 26.8 Å². The van der Waals surface area contributed by atoms with E-state index in [1.807, 2.05) is 6.07 Å². The SMILES string of the molecule is O=c1c2cc(CBr)ccc2ncn1-c1cccc(C(F)(F)F)n1. The molecule has 0 N–H and O–H groups in total. The zero-order chi connectivity index (χ0) is 16.6. The number of alkyl halides is 4. The van der Waals surface area contributed by atoms with Gasteiger partial charge in [0, 0.05) is 5.33 Å². The van der Waals surface area contributed by atoms with Crippen LogP contribution >= 0.6 is 15.9 Å². The number of fused-ring (bicyclic) bond motifs is 1. The number of hydrogen-bond donors (Lipinski definition) is 0. The first-order valence-electron chi connectivity index (χ1n) is 6.51. The lowest BCUT2D eigenvalue weighted by atomic mass is 10.2. The quantitative estimate of drug-likeness (QED) is 0.634. The third-order valence-corrected chi connectivity index (χ3v) is 3.90. The number of benzene rings is 1. The van der Waals surface area contributed by atoms with E-state index in [4.69, 9.17) is 0 Å². The highest BCUT2D eigenvalue weighted by atomic mass is 79.9. The van der Waals surface area contributed by atoms with E-state index in [9.17, 15) is 18.0 Å². The Bertz CT molecular complexity index is 937. The topological polar surface area (TPSA) is 47.8 Å². The summed E-state index contributed by atoms with van der Waals surface area (Å²) in [5, 5.41) is 0.877. The van der Waals surface area contributed by atoms with Crippen LogP contribution in [0.15, 0.2) is 47.5 Å². The first kappa shape index (κ1) is 15.7. The van der Waals surface area contributed by atoms with Crippen LogP contribution in [0, 0.1) is 0 Å². The molecule has 118 valence electrons. The van der Waals surface area contributed by atoms with Crippen LogP contribution in [0.25, 0.3) is 16.7 Å². The molecule has 3 aromatic rings. The number of aromatic nitrogens is 3. The van der Waals surface area contributed by atoms with Crippen LogP contribution in [-0.2, 0) is 11.5 Å². The molecule has 0 atom stereocenters. The van der Waals surface area contributed by atoms with E-state index >= 15 is 0 Å². The van der Waals surface area contributed by atoms with E-state index in [0.717, 1.165) is 16.2 Å². The van der Waals surface area contributed by atoms with Gasteiger partial charge in [-0.2, -0.15) is 13.2 Å². The van der Waals surface area contributed by atoms with E-state index in [2.05, 4.69) is 25.9 Å². The van der Waals surface area contributed by atoms with E-state index in [1.54, 1.807) is 12.1 Å². The molecule has 1 aromatic carbocycles. The molecule has 0 spiro atoms. The molecule has 0 fully saturated rings. The van der Waals surface area contributed by atoms with Gasteiger partial charge in [0.2, 0.25) is 0 Å². The maximum absolute atomic E-state index is 12.8. The fourth-order valence-electron chi connectivity index (χ4n) is 2.13. The average Bonchev–Trinajstić information content (AvgIpc) is 2.54. The molecule has 23 heavy (non-hydrogen) atoms. The van der Waals surface area contributed by atoms with Gasteiger partial charge in [0.05, 0.1) is 10.9 Å². The van der Waals surface area contributed by atoms with Crippen LogP contribution in [0.4, 0.5) is 13.2 Å². The summed E-state index contributed by atoms with van der Waals surface area (Å²) in [4.78, 5) is 20.2. The van der Waals surface area contributed by atoms with Gasteiger partial charge in [0.15, 0.2) is 0 Å². The second-order valence-corrected chi connectivity index (χ2v) is 5.34. The van der Waals surface area contributed by atoms with Crippen LogP contribution in [0.3, 0.4) is 0 Å². The Morgan fingerprint density at radius 3 is 2.65 bits per heavy atom. The van der Waals surface area contributed by atoms with Gasteiger partial charge in [-0.1, -0.05) is 28.1 Å². The van der Waals surface area contributed by atoms with Gasteiger partial charge < -0.3 is 0 Å². The fourth-order valence-corrected chi connectivity index (χ4v) is 2.48. The molecule has 3 rings (SSSR count). The molecule has 2 aromatic heterocycles. The van der Waals surface area contributed by atoms with Gasteiger partial charge in [-0.25, -0.2) is 9.97 Å². The number of hydrogen-bond acceptors (Lipinski definition) is 3. The highest BCUT2D eigenvalue weighted by molar-refractivity contribution is 9.08. The largest absolute Gasteiger partial charge is 0.433 e. The lowest BCUT2D eigenvalue weighted by Gasteiger charge is -2.10. The minimum absolute atomic E-state index is 0.122. The molecule has 0 aliphatic rings. The van der Waals surface area contributed by atoms with Crippen molar-refractivity contribution in [2.75, 3.05) is 0 Å². The third-order valence-electron chi connectivity index (χ3n) is 3.25. The number of halogens is 4. The second-order valence-electron chi connectivity index (χ2n) is 4.78. The molecule has 8 heteroatoms. The maximum Gasteiger partial charge on any atom is 0.433 e. The lowest BCUT2D eigenvalue weighted by molar-refractivity contribution is -0.141. The van der Waals surface area contributed by atoms with E-state index < -0.39 is 17.4 Å². The van der Waals surface area contributed by atoms with Crippen molar-refractivity contribution in [1.82, 2.24) is 14.5 Å². The van der Waals surface area contributed by atoms with Gasteiger partial charge in [-0.05, 0) is 29.8 Å². The highest BCUT2D eigenvalue weighted by Gasteiger charge is 2.32. The van der Waals surface area contributed by atoms with E-state index in [-0.39, 0.29) is 5.82 Å². The van der Waals surface area contributed by atoms with Crippen LogP contribution in [-0.4, -0.2) is 14.5 Å². The molecule has 0 bridgehead atoms. The molecule has 0 aliphatic carbocycles. The molecule has 0 amide bonds. The normalized spacial score (nSPS) is 11.8. The molecule has 0 saturated carbocycles. The molecule has 0 saturated heterocycles. The first-order chi connectivity index (χ1) is 10.9. The highest BCUT2D eigenvalue weighted by Crippen LogP contribution is 2.27. The van der Waals surface area contributed by atoms with Gasteiger partial charge in [0.25, 0.3) is 5.56 Å². The number of pyridine rings is 1. The zero-order valence-corrected chi connectivity index (χ0v) is 13.1. The predicted molar refractivity (Wildman–Crippen MR) is 82.8 cm³/mol. The number of nitrogens with zero attached hydrogens (tertiary/aromatic N) is 3. The summed E-state index contributed by atoms with van der Waals surface area (Å²) in [5.41, 5.74) is -0.185. The van der Waals surface area contributed by atoms with Crippen LogP contribution in [0.2, 0.25) is 0 Å².